The van der Waals surface area contributed by atoms with Crippen molar-refractivity contribution < 1.29 is 34.2 Å². The molecule has 0 aliphatic rings. The molecular formula is C19H30N6O7. The predicted octanol–water partition coefficient (Wildman–Crippen LogP) is -1.64. The molecule has 8 N–H and O–H groups in total. The molecule has 0 saturated carbocycles. The highest BCUT2D eigenvalue weighted by Gasteiger charge is 2.27. The first kappa shape index (κ1) is 26.6. The molecule has 0 aromatic carbocycles. The van der Waals surface area contributed by atoms with E-state index in [2.05, 4.69) is 25.9 Å². The van der Waals surface area contributed by atoms with Gasteiger partial charge in [-0.1, -0.05) is 20.3 Å². The van der Waals surface area contributed by atoms with E-state index in [-0.39, 0.29) is 18.8 Å². The number of carbonyl (C=O) groups is 5. The number of hydrogen-bond acceptors (Lipinski definition) is 7. The fourth-order valence-electron chi connectivity index (χ4n) is 2.67. The van der Waals surface area contributed by atoms with E-state index < -0.39 is 60.8 Å². The smallest absolute Gasteiger partial charge is 0.326 e. The van der Waals surface area contributed by atoms with Crippen molar-refractivity contribution >= 4 is 29.7 Å². The predicted molar refractivity (Wildman–Crippen MR) is 111 cm³/mol. The number of imidazole rings is 1. The molecule has 1 heterocycles. The van der Waals surface area contributed by atoms with Crippen LogP contribution in [0.1, 0.15) is 38.8 Å². The summed E-state index contributed by atoms with van der Waals surface area (Å²) in [5.41, 5.74) is 6.48. The van der Waals surface area contributed by atoms with Gasteiger partial charge in [0.2, 0.25) is 17.7 Å². The van der Waals surface area contributed by atoms with Crippen molar-refractivity contribution in [3.05, 3.63) is 18.2 Å². The third-order valence-corrected chi connectivity index (χ3v) is 4.87. The molecule has 32 heavy (non-hydrogen) atoms. The van der Waals surface area contributed by atoms with Crippen molar-refractivity contribution in [3.8, 4) is 0 Å². The summed E-state index contributed by atoms with van der Waals surface area (Å²) in [6, 6.07) is -3.30. The van der Waals surface area contributed by atoms with Crippen molar-refractivity contribution in [3.63, 3.8) is 0 Å². The van der Waals surface area contributed by atoms with Gasteiger partial charge in [-0.2, -0.15) is 0 Å². The summed E-state index contributed by atoms with van der Waals surface area (Å²) >= 11 is 0. The van der Waals surface area contributed by atoms with Crippen LogP contribution in [0.3, 0.4) is 0 Å². The van der Waals surface area contributed by atoms with E-state index >= 15 is 0 Å². The number of aliphatic carboxylic acids is 2. The van der Waals surface area contributed by atoms with Crippen LogP contribution in [0.2, 0.25) is 0 Å². The van der Waals surface area contributed by atoms with E-state index in [0.29, 0.717) is 12.1 Å². The van der Waals surface area contributed by atoms with Crippen LogP contribution < -0.4 is 21.7 Å². The van der Waals surface area contributed by atoms with Gasteiger partial charge in [0.25, 0.3) is 0 Å². The maximum absolute atomic E-state index is 12.6. The molecule has 0 fully saturated rings. The van der Waals surface area contributed by atoms with Gasteiger partial charge in [-0.25, -0.2) is 9.78 Å². The second-order valence-corrected chi connectivity index (χ2v) is 7.36. The van der Waals surface area contributed by atoms with Crippen LogP contribution in [-0.2, 0) is 30.4 Å². The van der Waals surface area contributed by atoms with E-state index in [0.717, 1.165) is 0 Å². The number of nitrogens with two attached hydrogens (primary N) is 1. The Morgan fingerprint density at radius 2 is 1.81 bits per heavy atom. The summed E-state index contributed by atoms with van der Waals surface area (Å²) in [7, 11) is 0. The fourth-order valence-corrected chi connectivity index (χ4v) is 2.67. The average Bonchev–Trinajstić information content (AvgIpc) is 3.25. The van der Waals surface area contributed by atoms with E-state index in [9.17, 15) is 24.0 Å². The number of H-pyrrole nitrogens is 1. The Bertz CT molecular complexity index is 798. The maximum Gasteiger partial charge on any atom is 0.326 e. The van der Waals surface area contributed by atoms with Gasteiger partial charge in [0.05, 0.1) is 18.9 Å². The van der Waals surface area contributed by atoms with Gasteiger partial charge in [-0.3, -0.25) is 19.2 Å². The molecule has 3 amide bonds. The van der Waals surface area contributed by atoms with Crippen LogP contribution in [-0.4, -0.2) is 74.5 Å². The number of aromatic amines is 1. The minimum Gasteiger partial charge on any atom is -0.481 e. The molecule has 0 spiro atoms. The van der Waals surface area contributed by atoms with Crippen molar-refractivity contribution in [1.82, 2.24) is 25.9 Å². The second kappa shape index (κ2) is 13.0. The lowest BCUT2D eigenvalue weighted by Gasteiger charge is -2.23. The molecule has 178 valence electrons. The number of aromatic nitrogens is 2. The van der Waals surface area contributed by atoms with E-state index in [4.69, 9.17) is 15.9 Å². The number of nitrogens with one attached hydrogen (secondary N) is 4. The maximum atomic E-state index is 12.6. The van der Waals surface area contributed by atoms with Crippen LogP contribution in [0.25, 0.3) is 0 Å². The summed E-state index contributed by atoms with van der Waals surface area (Å²) in [6.45, 7) is 3.12. The molecule has 1 aromatic rings. The van der Waals surface area contributed by atoms with E-state index in [1.54, 1.807) is 0 Å². The SMILES string of the molecule is CCC(C)C(N)C(=O)NC(Cc1cnc[nH]1)C(=O)NCC(=O)NC(CCC(=O)O)C(=O)O. The highest BCUT2D eigenvalue weighted by Crippen LogP contribution is 2.07. The van der Waals surface area contributed by atoms with Crippen LogP contribution in [0.4, 0.5) is 0 Å². The number of carboxylic acids is 2. The zero-order chi connectivity index (χ0) is 24.3. The van der Waals surface area contributed by atoms with E-state index in [1.165, 1.54) is 12.5 Å². The molecule has 13 heteroatoms. The van der Waals surface area contributed by atoms with Crippen molar-refractivity contribution in [2.45, 2.75) is 57.7 Å². The molecule has 1 rings (SSSR count). The Balaban J connectivity index is 2.74. The average molecular weight is 454 g/mol. The lowest BCUT2D eigenvalue weighted by atomic mass is 9.99. The lowest BCUT2D eigenvalue weighted by molar-refractivity contribution is -0.143. The van der Waals surface area contributed by atoms with Crippen molar-refractivity contribution in [1.29, 1.82) is 0 Å². The van der Waals surface area contributed by atoms with Gasteiger partial charge in [0.1, 0.15) is 12.1 Å². The number of carbonyl (C=O) groups excluding carboxylic acids is 3. The second-order valence-electron chi connectivity index (χ2n) is 7.36. The monoisotopic (exact) mass is 454 g/mol. The van der Waals surface area contributed by atoms with Gasteiger partial charge in [0.15, 0.2) is 0 Å². The Kier molecular flexibility index (Phi) is 10.8. The number of nitrogens with zero attached hydrogens (tertiary/aromatic N) is 1. The molecular weight excluding hydrogens is 424 g/mol. The Labute approximate surface area is 184 Å². The molecule has 0 saturated heterocycles. The number of rotatable bonds is 14. The standard InChI is InChI=1S/C19H30N6O7/c1-3-10(2)16(20)18(30)25-13(6-11-7-21-9-23-11)17(29)22-8-14(26)24-12(19(31)32)4-5-15(27)28/h7,9-10,12-13,16H,3-6,8,20H2,1-2H3,(H,21,23)(H,22,29)(H,24,26)(H,25,30)(H,27,28)(H,31,32). The Morgan fingerprint density at radius 1 is 1.12 bits per heavy atom. The van der Waals surface area contributed by atoms with Crippen molar-refractivity contribution in [2.75, 3.05) is 6.54 Å². The van der Waals surface area contributed by atoms with Crippen molar-refractivity contribution in [2.24, 2.45) is 11.7 Å². The minimum absolute atomic E-state index is 0.0583. The lowest BCUT2D eigenvalue weighted by Crippen LogP contribution is -2.55. The highest BCUT2D eigenvalue weighted by atomic mass is 16.4. The topological polar surface area (TPSA) is 217 Å². The molecule has 4 unspecified atom stereocenters. The Morgan fingerprint density at radius 3 is 2.34 bits per heavy atom. The van der Waals surface area contributed by atoms with Crippen LogP contribution in [0.5, 0.6) is 0 Å². The molecule has 1 aromatic heterocycles. The van der Waals surface area contributed by atoms with E-state index in [1.807, 2.05) is 13.8 Å². The van der Waals surface area contributed by atoms with Gasteiger partial charge >= 0.3 is 11.9 Å². The van der Waals surface area contributed by atoms with Gasteiger partial charge < -0.3 is 36.9 Å². The van der Waals surface area contributed by atoms with Crippen LogP contribution in [0.15, 0.2) is 12.5 Å². The molecule has 4 atom stereocenters. The quantitative estimate of drug-likeness (QED) is 0.171. The van der Waals surface area contributed by atoms with Gasteiger partial charge in [-0.05, 0) is 12.3 Å². The first-order valence-corrected chi connectivity index (χ1v) is 10.1. The normalized spacial score (nSPS) is 14.5. The Hall–Kier alpha value is -3.48. The fraction of sp³-hybridized carbons (Fsp3) is 0.579. The summed E-state index contributed by atoms with van der Waals surface area (Å²) in [4.78, 5) is 65.6. The minimum atomic E-state index is -1.41. The first-order chi connectivity index (χ1) is 15.0. The zero-order valence-corrected chi connectivity index (χ0v) is 18.0. The van der Waals surface area contributed by atoms with Gasteiger partial charge in [-0.15, -0.1) is 0 Å². The molecule has 0 aliphatic heterocycles. The third kappa shape index (κ3) is 9.12. The van der Waals surface area contributed by atoms with Crippen LogP contribution >= 0.6 is 0 Å². The molecule has 0 bridgehead atoms. The summed E-state index contributed by atoms with van der Waals surface area (Å²) in [5, 5.41) is 24.8. The highest BCUT2D eigenvalue weighted by molar-refractivity contribution is 5.92. The summed E-state index contributed by atoms with van der Waals surface area (Å²) < 4.78 is 0. The van der Waals surface area contributed by atoms with Gasteiger partial charge in [0, 0.05) is 24.7 Å². The largest absolute Gasteiger partial charge is 0.481 e. The molecule has 0 radical (unpaired) electrons. The number of carboxylic acid groups (broad SMARTS) is 2. The third-order valence-electron chi connectivity index (χ3n) is 4.87. The van der Waals surface area contributed by atoms with Crippen LogP contribution in [0, 0.1) is 5.92 Å². The summed E-state index contributed by atoms with van der Waals surface area (Å²) in [6.07, 6.45) is 2.86. The first-order valence-electron chi connectivity index (χ1n) is 10.1. The zero-order valence-electron chi connectivity index (χ0n) is 18.0. The molecule has 0 aliphatic carbocycles. The number of amides is 3. The summed E-state index contributed by atoms with van der Waals surface area (Å²) in [5.74, 6) is -4.74. The number of hydrogen-bond donors (Lipinski definition) is 7. The molecule has 13 nitrogen and oxygen atoms in total.